The lowest BCUT2D eigenvalue weighted by atomic mass is 10.2. The summed E-state index contributed by atoms with van der Waals surface area (Å²) in [4.78, 5) is 21.4. The lowest BCUT2D eigenvalue weighted by Gasteiger charge is -2.35. The highest BCUT2D eigenvalue weighted by Gasteiger charge is 2.27. The van der Waals surface area contributed by atoms with Gasteiger partial charge in [0.15, 0.2) is 0 Å². The van der Waals surface area contributed by atoms with E-state index in [2.05, 4.69) is 28.7 Å². The highest BCUT2D eigenvalue weighted by molar-refractivity contribution is 5.10. The van der Waals surface area contributed by atoms with Crippen LogP contribution in [-0.2, 0) is 11.3 Å². The number of morpholine rings is 1. The van der Waals surface area contributed by atoms with E-state index in [1.807, 2.05) is 0 Å². The van der Waals surface area contributed by atoms with Crippen LogP contribution in [0, 0.1) is 0 Å². The summed E-state index contributed by atoms with van der Waals surface area (Å²) in [5.74, 6) is 1.35. The number of hydrogen-bond donors (Lipinski definition) is 1. The van der Waals surface area contributed by atoms with Crippen molar-refractivity contribution in [2.45, 2.75) is 51.4 Å². The largest absolute Gasteiger partial charge is 0.373 e. The quantitative estimate of drug-likeness (QED) is 0.892. The highest BCUT2D eigenvalue weighted by Crippen LogP contribution is 2.37. The van der Waals surface area contributed by atoms with Crippen LogP contribution in [0.15, 0.2) is 10.9 Å². The van der Waals surface area contributed by atoms with Gasteiger partial charge < -0.3 is 9.72 Å². The first kappa shape index (κ1) is 12.8. The monoisotopic (exact) mass is 263 g/mol. The molecule has 2 heterocycles. The fourth-order valence-electron chi connectivity index (χ4n) is 2.80. The van der Waals surface area contributed by atoms with Gasteiger partial charge in [0, 0.05) is 31.6 Å². The van der Waals surface area contributed by atoms with Gasteiger partial charge in [0.05, 0.1) is 17.9 Å². The Labute approximate surface area is 113 Å². The lowest BCUT2D eigenvalue weighted by Crippen LogP contribution is -2.45. The molecule has 5 nitrogen and oxygen atoms in total. The van der Waals surface area contributed by atoms with Crippen molar-refractivity contribution in [3.8, 4) is 0 Å². The molecule has 3 rings (SSSR count). The predicted molar refractivity (Wildman–Crippen MR) is 72.1 cm³/mol. The molecule has 1 N–H and O–H groups in total. The van der Waals surface area contributed by atoms with E-state index in [-0.39, 0.29) is 17.8 Å². The van der Waals surface area contributed by atoms with Crippen LogP contribution in [0.25, 0.3) is 0 Å². The predicted octanol–water partition coefficient (Wildman–Crippen LogP) is 1.26. The molecule has 0 spiro atoms. The second-order valence-corrected chi connectivity index (χ2v) is 5.85. The number of rotatable bonds is 3. The molecule has 1 saturated carbocycles. The molecular formula is C14H21N3O2. The van der Waals surface area contributed by atoms with Gasteiger partial charge in [-0.1, -0.05) is 0 Å². The summed E-state index contributed by atoms with van der Waals surface area (Å²) < 4.78 is 5.72. The average Bonchev–Trinajstić information content (AvgIpc) is 3.09. The standard InChI is InChI=1S/C14H21N3O2/c1-9-6-17(7-10(2)19-9)8-12-5-13(18)16-14(15-12)11-3-4-11/h5,9-11H,3-4,6-8H2,1-2H3,(H,15,16,18)/t9-,10-/m0/s1. The van der Waals surface area contributed by atoms with Gasteiger partial charge >= 0.3 is 0 Å². The van der Waals surface area contributed by atoms with E-state index in [1.54, 1.807) is 6.07 Å². The zero-order valence-electron chi connectivity index (χ0n) is 11.6. The molecule has 104 valence electrons. The van der Waals surface area contributed by atoms with Gasteiger partial charge in [-0.2, -0.15) is 0 Å². The van der Waals surface area contributed by atoms with Gasteiger partial charge in [0.1, 0.15) is 5.82 Å². The van der Waals surface area contributed by atoms with E-state index in [0.717, 1.165) is 44.0 Å². The van der Waals surface area contributed by atoms with Crippen LogP contribution in [-0.4, -0.2) is 40.2 Å². The van der Waals surface area contributed by atoms with Crippen molar-refractivity contribution in [3.63, 3.8) is 0 Å². The minimum atomic E-state index is -0.0266. The van der Waals surface area contributed by atoms with Crippen molar-refractivity contribution >= 4 is 0 Å². The van der Waals surface area contributed by atoms with Crippen LogP contribution in [0.2, 0.25) is 0 Å². The molecule has 2 aliphatic rings. The zero-order chi connectivity index (χ0) is 13.4. The number of nitrogens with zero attached hydrogens (tertiary/aromatic N) is 2. The maximum atomic E-state index is 11.7. The molecule has 1 aromatic rings. The smallest absolute Gasteiger partial charge is 0.251 e. The first-order chi connectivity index (χ1) is 9.10. The topological polar surface area (TPSA) is 58.2 Å². The molecule has 0 bridgehead atoms. The Bertz CT molecular complexity index is 500. The van der Waals surface area contributed by atoms with E-state index < -0.39 is 0 Å². The van der Waals surface area contributed by atoms with Crippen LogP contribution in [0.4, 0.5) is 0 Å². The van der Waals surface area contributed by atoms with Crippen LogP contribution < -0.4 is 5.56 Å². The SMILES string of the molecule is C[C@H]1CN(Cc2cc(=O)[nH]c(C3CC3)n2)C[C@H](C)O1. The molecule has 1 saturated heterocycles. The molecule has 0 aromatic carbocycles. The van der Waals surface area contributed by atoms with Crippen LogP contribution in [0.3, 0.4) is 0 Å². The van der Waals surface area contributed by atoms with Gasteiger partial charge in [-0.05, 0) is 26.7 Å². The molecular weight excluding hydrogens is 242 g/mol. The van der Waals surface area contributed by atoms with E-state index in [9.17, 15) is 4.79 Å². The molecule has 19 heavy (non-hydrogen) atoms. The summed E-state index contributed by atoms with van der Waals surface area (Å²) in [6.07, 6.45) is 2.79. The maximum absolute atomic E-state index is 11.7. The van der Waals surface area contributed by atoms with Gasteiger partial charge in [0.25, 0.3) is 5.56 Å². The Morgan fingerprint density at radius 1 is 1.37 bits per heavy atom. The zero-order valence-corrected chi connectivity index (χ0v) is 11.6. The summed E-state index contributed by atoms with van der Waals surface area (Å²) in [5.41, 5.74) is 0.855. The van der Waals surface area contributed by atoms with Crippen molar-refractivity contribution in [2.24, 2.45) is 0 Å². The number of aromatic amines is 1. The molecule has 1 aliphatic carbocycles. The molecule has 2 atom stereocenters. The van der Waals surface area contributed by atoms with Crippen molar-refractivity contribution in [3.05, 3.63) is 27.9 Å². The second kappa shape index (κ2) is 5.06. The third kappa shape index (κ3) is 3.22. The van der Waals surface area contributed by atoms with Crippen molar-refractivity contribution in [1.82, 2.24) is 14.9 Å². The third-order valence-electron chi connectivity index (χ3n) is 3.66. The van der Waals surface area contributed by atoms with Gasteiger partial charge in [0.2, 0.25) is 0 Å². The van der Waals surface area contributed by atoms with E-state index in [4.69, 9.17) is 4.74 Å². The number of ether oxygens (including phenoxy) is 1. The number of nitrogens with one attached hydrogen (secondary N) is 1. The van der Waals surface area contributed by atoms with E-state index in [1.165, 1.54) is 0 Å². The maximum Gasteiger partial charge on any atom is 0.251 e. The molecule has 0 unspecified atom stereocenters. The summed E-state index contributed by atoms with van der Waals surface area (Å²) >= 11 is 0. The van der Waals surface area contributed by atoms with Gasteiger partial charge in [-0.15, -0.1) is 0 Å². The fraction of sp³-hybridized carbons (Fsp3) is 0.714. The number of aromatic nitrogens is 2. The number of H-pyrrole nitrogens is 1. The summed E-state index contributed by atoms with van der Waals surface area (Å²) in [6, 6.07) is 1.62. The third-order valence-corrected chi connectivity index (χ3v) is 3.66. The minimum Gasteiger partial charge on any atom is -0.373 e. The lowest BCUT2D eigenvalue weighted by molar-refractivity contribution is -0.0707. The van der Waals surface area contributed by atoms with Gasteiger partial charge in [-0.3, -0.25) is 9.69 Å². The Hall–Kier alpha value is -1.20. The Morgan fingerprint density at radius 3 is 2.68 bits per heavy atom. The Balaban J connectivity index is 1.73. The van der Waals surface area contributed by atoms with Crippen LogP contribution >= 0.6 is 0 Å². The van der Waals surface area contributed by atoms with Crippen LogP contribution in [0.1, 0.15) is 44.1 Å². The molecule has 1 aliphatic heterocycles. The average molecular weight is 263 g/mol. The summed E-state index contributed by atoms with van der Waals surface area (Å²) in [6.45, 7) is 6.71. The van der Waals surface area contributed by atoms with E-state index >= 15 is 0 Å². The molecule has 1 aromatic heterocycles. The first-order valence-corrected chi connectivity index (χ1v) is 7.08. The summed E-state index contributed by atoms with van der Waals surface area (Å²) in [5, 5.41) is 0. The van der Waals surface area contributed by atoms with Crippen molar-refractivity contribution in [2.75, 3.05) is 13.1 Å². The van der Waals surface area contributed by atoms with E-state index in [0.29, 0.717) is 5.92 Å². The molecule has 0 radical (unpaired) electrons. The second-order valence-electron chi connectivity index (χ2n) is 5.85. The van der Waals surface area contributed by atoms with Crippen molar-refractivity contribution < 1.29 is 4.74 Å². The normalized spacial score (nSPS) is 28.5. The minimum absolute atomic E-state index is 0.0266. The highest BCUT2D eigenvalue weighted by atomic mass is 16.5. The molecule has 0 amide bonds. The van der Waals surface area contributed by atoms with Crippen molar-refractivity contribution in [1.29, 1.82) is 0 Å². The summed E-state index contributed by atoms with van der Waals surface area (Å²) in [7, 11) is 0. The van der Waals surface area contributed by atoms with Crippen LogP contribution in [0.5, 0.6) is 0 Å². The molecule has 5 heteroatoms. The first-order valence-electron chi connectivity index (χ1n) is 7.08. The fourth-order valence-corrected chi connectivity index (χ4v) is 2.80. The number of hydrogen-bond acceptors (Lipinski definition) is 4. The Morgan fingerprint density at radius 2 is 2.05 bits per heavy atom. The Kier molecular flexibility index (Phi) is 3.41. The van der Waals surface area contributed by atoms with Gasteiger partial charge in [-0.25, -0.2) is 4.98 Å². The molecule has 2 fully saturated rings.